The van der Waals surface area contributed by atoms with Gasteiger partial charge >= 0.3 is 0 Å². The molecular formula is C8H13NO4S. The molecule has 1 heterocycles. The molecule has 0 aliphatic heterocycles. The minimum atomic E-state index is -3.27. The van der Waals surface area contributed by atoms with Gasteiger partial charge in [-0.25, -0.2) is 13.1 Å². The van der Waals surface area contributed by atoms with E-state index in [0.29, 0.717) is 0 Å². The molecule has 1 aromatic rings. The van der Waals surface area contributed by atoms with Crippen molar-refractivity contribution in [1.29, 1.82) is 0 Å². The molecule has 0 amide bonds. The van der Waals surface area contributed by atoms with Crippen LogP contribution in [-0.4, -0.2) is 25.9 Å². The smallest absolute Gasteiger partial charge is 0.211 e. The topological polar surface area (TPSA) is 79.5 Å². The maximum absolute atomic E-state index is 11.2. The van der Waals surface area contributed by atoms with Crippen LogP contribution in [0.5, 0.6) is 0 Å². The molecule has 0 aromatic carbocycles. The molecule has 1 aromatic heterocycles. The normalized spacial score (nSPS) is 11.8. The summed E-state index contributed by atoms with van der Waals surface area (Å²) < 4.78 is 29.6. The number of sulfonamides is 1. The summed E-state index contributed by atoms with van der Waals surface area (Å²) in [5, 5.41) is 8.47. The average molecular weight is 219 g/mol. The largest absolute Gasteiger partial charge is 0.472 e. The van der Waals surface area contributed by atoms with Crippen LogP contribution in [0.4, 0.5) is 0 Å². The van der Waals surface area contributed by atoms with Gasteiger partial charge in [-0.3, -0.25) is 0 Å². The molecule has 0 fully saturated rings. The Labute approximate surface area is 82.8 Å². The molecule has 0 spiro atoms. The van der Waals surface area contributed by atoms with E-state index in [1.165, 1.54) is 12.5 Å². The van der Waals surface area contributed by atoms with Gasteiger partial charge in [-0.1, -0.05) is 0 Å². The molecule has 5 nitrogen and oxygen atoms in total. The van der Waals surface area contributed by atoms with Gasteiger partial charge in [0.2, 0.25) is 10.0 Å². The molecule has 1 rings (SSSR count). The Balaban J connectivity index is 2.37. The summed E-state index contributed by atoms with van der Waals surface area (Å²) in [5.74, 6) is -0.0542. The van der Waals surface area contributed by atoms with E-state index in [1.54, 1.807) is 6.07 Å². The number of rotatable bonds is 6. The van der Waals surface area contributed by atoms with Crippen molar-refractivity contribution in [2.75, 3.05) is 12.4 Å². The Morgan fingerprint density at radius 3 is 2.86 bits per heavy atom. The number of hydrogen-bond acceptors (Lipinski definition) is 4. The van der Waals surface area contributed by atoms with Crippen LogP contribution in [0.15, 0.2) is 23.0 Å². The summed E-state index contributed by atoms with van der Waals surface area (Å²) in [6.45, 7) is 0.108. The van der Waals surface area contributed by atoms with Crippen molar-refractivity contribution in [2.45, 2.75) is 13.0 Å². The lowest BCUT2D eigenvalue weighted by atomic mass is 10.4. The van der Waals surface area contributed by atoms with E-state index in [1.807, 2.05) is 0 Å². The van der Waals surface area contributed by atoms with E-state index in [2.05, 4.69) is 4.72 Å². The molecule has 0 unspecified atom stereocenters. The van der Waals surface area contributed by atoms with Crippen molar-refractivity contribution in [3.05, 3.63) is 24.2 Å². The number of aliphatic hydroxyl groups excluding tert-OH is 1. The molecule has 0 saturated carbocycles. The van der Waals surface area contributed by atoms with E-state index in [0.717, 1.165) is 5.56 Å². The van der Waals surface area contributed by atoms with Crippen molar-refractivity contribution in [3.63, 3.8) is 0 Å². The molecule has 0 bridgehead atoms. The first-order valence-electron chi connectivity index (χ1n) is 4.23. The zero-order chi connectivity index (χ0) is 10.4. The van der Waals surface area contributed by atoms with Crippen LogP contribution in [-0.2, 0) is 16.6 Å². The van der Waals surface area contributed by atoms with Gasteiger partial charge in [0.05, 0.1) is 18.3 Å². The zero-order valence-corrected chi connectivity index (χ0v) is 8.46. The van der Waals surface area contributed by atoms with Crippen molar-refractivity contribution in [2.24, 2.45) is 0 Å². The molecule has 0 radical (unpaired) electrons. The monoisotopic (exact) mass is 219 g/mol. The molecule has 0 atom stereocenters. The van der Waals surface area contributed by atoms with E-state index in [9.17, 15) is 8.42 Å². The molecule has 80 valence electrons. The predicted molar refractivity (Wildman–Crippen MR) is 51.0 cm³/mol. The molecule has 0 saturated heterocycles. The second kappa shape index (κ2) is 5.14. The zero-order valence-electron chi connectivity index (χ0n) is 7.64. The molecule has 0 aliphatic carbocycles. The Bertz CT molecular complexity index is 343. The highest BCUT2D eigenvalue weighted by molar-refractivity contribution is 7.89. The van der Waals surface area contributed by atoms with Crippen molar-refractivity contribution in [1.82, 2.24) is 4.72 Å². The van der Waals surface area contributed by atoms with Crippen LogP contribution in [0.1, 0.15) is 12.0 Å². The first-order chi connectivity index (χ1) is 6.64. The third-order valence-corrected chi connectivity index (χ3v) is 3.06. The number of furan rings is 1. The summed E-state index contributed by atoms with van der Waals surface area (Å²) in [6.07, 6.45) is 3.21. The predicted octanol–water partition coefficient (Wildman–Crippen LogP) is 0.0814. The maximum Gasteiger partial charge on any atom is 0.211 e. The Morgan fingerprint density at radius 2 is 2.29 bits per heavy atom. The second-order valence-electron chi connectivity index (χ2n) is 2.85. The molecule has 2 N–H and O–H groups in total. The van der Waals surface area contributed by atoms with Gasteiger partial charge in [0.1, 0.15) is 0 Å². The highest BCUT2D eigenvalue weighted by atomic mass is 32.2. The third kappa shape index (κ3) is 3.91. The molecule has 14 heavy (non-hydrogen) atoms. The summed E-state index contributed by atoms with van der Waals surface area (Å²) >= 11 is 0. The quantitative estimate of drug-likeness (QED) is 0.710. The van der Waals surface area contributed by atoms with Gasteiger partial charge in [0.25, 0.3) is 0 Å². The van der Waals surface area contributed by atoms with E-state index in [-0.39, 0.29) is 25.3 Å². The van der Waals surface area contributed by atoms with E-state index in [4.69, 9.17) is 9.52 Å². The Kier molecular flexibility index (Phi) is 4.12. The van der Waals surface area contributed by atoms with E-state index < -0.39 is 10.0 Å². The second-order valence-corrected chi connectivity index (χ2v) is 4.78. The van der Waals surface area contributed by atoms with Crippen LogP contribution in [0.2, 0.25) is 0 Å². The lowest BCUT2D eigenvalue weighted by molar-refractivity contribution is 0.295. The fraction of sp³-hybridized carbons (Fsp3) is 0.500. The van der Waals surface area contributed by atoms with E-state index >= 15 is 0 Å². The van der Waals surface area contributed by atoms with Gasteiger partial charge in [-0.05, 0) is 12.5 Å². The van der Waals surface area contributed by atoms with Gasteiger partial charge in [-0.15, -0.1) is 0 Å². The maximum atomic E-state index is 11.2. The standard InChI is InChI=1S/C8H13NO4S/c10-3-1-5-14(11,12)9-6-8-2-4-13-7-8/h2,4,7,9-10H,1,3,5-6H2. The highest BCUT2D eigenvalue weighted by Crippen LogP contribution is 2.00. The first-order valence-corrected chi connectivity index (χ1v) is 5.88. The fourth-order valence-corrected chi connectivity index (χ4v) is 1.95. The molecule has 6 heteroatoms. The van der Waals surface area contributed by atoms with Crippen LogP contribution in [0.25, 0.3) is 0 Å². The minimum absolute atomic E-state index is 0.0542. The van der Waals surface area contributed by atoms with Crippen LogP contribution < -0.4 is 4.72 Å². The van der Waals surface area contributed by atoms with Crippen LogP contribution in [0.3, 0.4) is 0 Å². The first kappa shape index (κ1) is 11.2. The summed E-state index contributed by atoms with van der Waals surface area (Å²) in [6, 6.07) is 1.69. The van der Waals surface area contributed by atoms with Crippen molar-refractivity contribution < 1.29 is 17.9 Å². The number of nitrogens with one attached hydrogen (secondary N) is 1. The third-order valence-electron chi connectivity index (χ3n) is 1.65. The number of aliphatic hydroxyl groups is 1. The van der Waals surface area contributed by atoms with Crippen LogP contribution in [0, 0.1) is 0 Å². The van der Waals surface area contributed by atoms with Crippen molar-refractivity contribution >= 4 is 10.0 Å². The molecule has 0 aliphatic rings. The summed E-state index contributed by atoms with van der Waals surface area (Å²) in [4.78, 5) is 0. The van der Waals surface area contributed by atoms with Gasteiger partial charge < -0.3 is 9.52 Å². The van der Waals surface area contributed by atoms with Crippen molar-refractivity contribution in [3.8, 4) is 0 Å². The lowest BCUT2D eigenvalue weighted by Crippen LogP contribution is -2.26. The highest BCUT2D eigenvalue weighted by Gasteiger charge is 2.08. The average Bonchev–Trinajstić information content (AvgIpc) is 2.64. The van der Waals surface area contributed by atoms with Gasteiger partial charge in [0.15, 0.2) is 0 Å². The summed E-state index contributed by atoms with van der Waals surface area (Å²) in [5.41, 5.74) is 0.776. The lowest BCUT2D eigenvalue weighted by Gasteiger charge is -2.03. The van der Waals surface area contributed by atoms with Crippen LogP contribution >= 0.6 is 0 Å². The molecular weight excluding hydrogens is 206 g/mol. The summed E-state index contributed by atoms with van der Waals surface area (Å²) in [7, 11) is -3.27. The van der Waals surface area contributed by atoms with Gasteiger partial charge in [-0.2, -0.15) is 0 Å². The Morgan fingerprint density at radius 1 is 1.50 bits per heavy atom. The Hall–Kier alpha value is -0.850. The fourth-order valence-electron chi connectivity index (χ4n) is 0.913. The van der Waals surface area contributed by atoms with Gasteiger partial charge in [0, 0.05) is 18.7 Å². The minimum Gasteiger partial charge on any atom is -0.472 e. The SMILES string of the molecule is O=S(=O)(CCCO)NCc1ccoc1. The number of hydrogen-bond donors (Lipinski definition) is 2.